The van der Waals surface area contributed by atoms with Crippen molar-refractivity contribution in [2.45, 2.75) is 37.6 Å². The summed E-state index contributed by atoms with van der Waals surface area (Å²) in [6, 6.07) is 9.78. The third-order valence-corrected chi connectivity index (χ3v) is 8.58. The number of thioether (sulfide) groups is 1. The predicted octanol–water partition coefficient (Wildman–Crippen LogP) is 4.98. The SMILES string of the molecule is CCSC(C)(C)N1CC(CC#N)(n2cc(-c3nc(Nc4ccc(C#N)nc4)nc4ccsc34)cn2)C1. The Morgan fingerprint density at radius 1 is 1.19 bits per heavy atom. The number of likely N-dealkylation sites (tertiary alicyclic amines) is 1. The van der Waals surface area contributed by atoms with Crippen molar-refractivity contribution < 1.29 is 0 Å². The van der Waals surface area contributed by atoms with Crippen LogP contribution >= 0.6 is 23.1 Å². The second kappa shape index (κ2) is 9.51. The van der Waals surface area contributed by atoms with Gasteiger partial charge in [-0.3, -0.25) is 9.58 Å². The molecule has 0 bridgehead atoms. The molecule has 1 aliphatic heterocycles. The zero-order valence-corrected chi connectivity index (χ0v) is 21.9. The molecule has 182 valence electrons. The van der Waals surface area contributed by atoms with Gasteiger partial charge >= 0.3 is 0 Å². The molecule has 11 heteroatoms. The fraction of sp³-hybridized carbons (Fsp3) is 0.360. The first kappa shape index (κ1) is 24.2. The van der Waals surface area contributed by atoms with Gasteiger partial charge in [-0.25, -0.2) is 15.0 Å². The van der Waals surface area contributed by atoms with Crippen LogP contribution in [0.15, 0.2) is 42.2 Å². The van der Waals surface area contributed by atoms with Crippen LogP contribution in [0, 0.1) is 22.7 Å². The van der Waals surface area contributed by atoms with E-state index in [1.807, 2.05) is 46.4 Å². The van der Waals surface area contributed by atoms with Gasteiger partial charge in [0.25, 0.3) is 0 Å². The highest BCUT2D eigenvalue weighted by molar-refractivity contribution is 8.00. The topological polar surface area (TPSA) is 119 Å². The summed E-state index contributed by atoms with van der Waals surface area (Å²) in [5, 5.41) is 28.5. The average Bonchev–Trinajstić information content (AvgIpc) is 3.51. The van der Waals surface area contributed by atoms with Crippen LogP contribution in [-0.4, -0.2) is 53.3 Å². The second-order valence-electron chi connectivity index (χ2n) is 9.17. The smallest absolute Gasteiger partial charge is 0.228 e. The summed E-state index contributed by atoms with van der Waals surface area (Å²) >= 11 is 3.49. The molecule has 0 spiro atoms. The fourth-order valence-corrected chi connectivity index (χ4v) is 6.32. The van der Waals surface area contributed by atoms with Crippen molar-refractivity contribution in [2.75, 3.05) is 24.2 Å². The number of anilines is 2. The normalized spacial score (nSPS) is 15.2. The summed E-state index contributed by atoms with van der Waals surface area (Å²) in [7, 11) is 0. The maximum atomic E-state index is 9.60. The lowest BCUT2D eigenvalue weighted by atomic mass is 9.85. The van der Waals surface area contributed by atoms with Crippen molar-refractivity contribution in [2.24, 2.45) is 0 Å². The molecule has 9 nitrogen and oxygen atoms in total. The molecule has 4 aromatic rings. The molecule has 1 aliphatic rings. The van der Waals surface area contributed by atoms with Crippen molar-refractivity contribution in [1.82, 2.24) is 29.6 Å². The molecular weight excluding hydrogens is 490 g/mol. The van der Waals surface area contributed by atoms with Crippen molar-refractivity contribution in [1.29, 1.82) is 10.5 Å². The number of fused-ring (bicyclic) bond motifs is 1. The first-order chi connectivity index (χ1) is 17.4. The Morgan fingerprint density at radius 2 is 2.03 bits per heavy atom. The van der Waals surface area contributed by atoms with Crippen LogP contribution < -0.4 is 5.32 Å². The highest BCUT2D eigenvalue weighted by Crippen LogP contribution is 2.42. The number of thiophene rings is 1. The van der Waals surface area contributed by atoms with Gasteiger partial charge in [0.15, 0.2) is 0 Å². The summed E-state index contributed by atoms with van der Waals surface area (Å²) < 4.78 is 2.93. The zero-order chi connectivity index (χ0) is 25.3. The minimum Gasteiger partial charge on any atom is -0.323 e. The van der Waals surface area contributed by atoms with Gasteiger partial charge in [-0.1, -0.05) is 6.92 Å². The predicted molar refractivity (Wildman–Crippen MR) is 143 cm³/mol. The molecule has 4 aromatic heterocycles. The Bertz CT molecular complexity index is 1470. The van der Waals surface area contributed by atoms with Crippen LogP contribution in [0.2, 0.25) is 0 Å². The van der Waals surface area contributed by atoms with Gasteiger partial charge in [0.2, 0.25) is 5.95 Å². The number of hydrogen-bond acceptors (Lipinski definition) is 10. The second-order valence-corrected chi connectivity index (χ2v) is 11.9. The summed E-state index contributed by atoms with van der Waals surface area (Å²) in [4.78, 5) is 16.0. The number of aromatic nitrogens is 5. The van der Waals surface area contributed by atoms with Gasteiger partial charge in [-0.15, -0.1) is 23.1 Å². The van der Waals surface area contributed by atoms with Gasteiger partial charge in [-0.05, 0) is 43.2 Å². The van der Waals surface area contributed by atoms with Crippen molar-refractivity contribution in [3.8, 4) is 23.4 Å². The third kappa shape index (κ3) is 4.42. The van der Waals surface area contributed by atoms with E-state index in [2.05, 4.69) is 47.0 Å². The van der Waals surface area contributed by atoms with E-state index >= 15 is 0 Å². The molecule has 5 heterocycles. The van der Waals surface area contributed by atoms with Gasteiger partial charge < -0.3 is 5.32 Å². The van der Waals surface area contributed by atoms with E-state index < -0.39 is 0 Å². The van der Waals surface area contributed by atoms with Crippen molar-refractivity contribution >= 4 is 45.0 Å². The van der Waals surface area contributed by atoms with E-state index in [0.29, 0.717) is 23.8 Å². The monoisotopic (exact) mass is 515 g/mol. The number of rotatable bonds is 8. The van der Waals surface area contributed by atoms with Gasteiger partial charge in [0.05, 0.1) is 51.4 Å². The minimum absolute atomic E-state index is 0.0142. The van der Waals surface area contributed by atoms with Crippen LogP contribution in [0.3, 0.4) is 0 Å². The zero-order valence-electron chi connectivity index (χ0n) is 20.3. The number of nitrogens with zero attached hydrogens (tertiary/aromatic N) is 8. The number of hydrogen-bond donors (Lipinski definition) is 1. The molecule has 0 saturated carbocycles. The van der Waals surface area contributed by atoms with Gasteiger partial charge in [0, 0.05) is 24.8 Å². The van der Waals surface area contributed by atoms with E-state index in [-0.39, 0.29) is 10.4 Å². The quantitative estimate of drug-likeness (QED) is 0.346. The van der Waals surface area contributed by atoms with Crippen molar-refractivity contribution in [3.05, 3.63) is 47.9 Å². The summed E-state index contributed by atoms with van der Waals surface area (Å²) in [5.41, 5.74) is 3.19. The lowest BCUT2D eigenvalue weighted by Gasteiger charge is -2.55. The highest BCUT2D eigenvalue weighted by Gasteiger charge is 2.50. The van der Waals surface area contributed by atoms with Crippen LogP contribution in [0.1, 0.15) is 32.9 Å². The number of nitriles is 2. The molecule has 0 amide bonds. The summed E-state index contributed by atoms with van der Waals surface area (Å²) in [5.74, 6) is 1.48. The minimum atomic E-state index is -0.352. The third-order valence-electron chi connectivity index (χ3n) is 6.42. The lowest BCUT2D eigenvalue weighted by molar-refractivity contribution is -0.0276. The van der Waals surface area contributed by atoms with Gasteiger partial charge in [0.1, 0.15) is 17.3 Å². The molecule has 0 unspecified atom stereocenters. The average molecular weight is 516 g/mol. The van der Waals surface area contributed by atoms with Crippen LogP contribution in [0.25, 0.3) is 21.5 Å². The first-order valence-electron chi connectivity index (χ1n) is 11.6. The molecule has 36 heavy (non-hydrogen) atoms. The number of nitrogens with one attached hydrogen (secondary N) is 1. The molecule has 1 saturated heterocycles. The fourth-order valence-electron chi connectivity index (χ4n) is 4.46. The van der Waals surface area contributed by atoms with E-state index in [0.717, 1.165) is 40.3 Å². The standard InChI is InChI=1S/C25H25N9S2/c1-4-36-24(2,3)33-15-25(16-33,8-9-26)34-14-17(12-29-34)21-22-20(7-10-35-22)31-23(32-21)30-19-6-5-18(11-27)28-13-19/h5-7,10,12-14H,4,8,15-16H2,1-3H3,(H,30,31,32). The van der Waals surface area contributed by atoms with Gasteiger partial charge in [-0.2, -0.15) is 15.6 Å². The summed E-state index contributed by atoms with van der Waals surface area (Å²) in [6.45, 7) is 8.19. The lowest BCUT2D eigenvalue weighted by Crippen LogP contribution is -2.67. The molecule has 1 fully saturated rings. The number of pyridine rings is 1. The van der Waals surface area contributed by atoms with E-state index in [4.69, 9.17) is 15.3 Å². The molecular formula is C25H25N9S2. The van der Waals surface area contributed by atoms with E-state index in [1.165, 1.54) is 0 Å². The van der Waals surface area contributed by atoms with E-state index in [9.17, 15) is 5.26 Å². The Labute approximate surface area is 217 Å². The molecule has 0 aromatic carbocycles. The molecule has 5 rings (SSSR count). The van der Waals surface area contributed by atoms with Crippen molar-refractivity contribution in [3.63, 3.8) is 0 Å². The Hall–Kier alpha value is -3.51. The summed E-state index contributed by atoms with van der Waals surface area (Å²) in [6.07, 6.45) is 5.81. The van der Waals surface area contributed by atoms with Crippen LogP contribution in [0.5, 0.6) is 0 Å². The maximum Gasteiger partial charge on any atom is 0.228 e. The molecule has 1 N–H and O–H groups in total. The molecule has 0 aliphatic carbocycles. The molecule has 0 atom stereocenters. The Balaban J connectivity index is 1.45. The Morgan fingerprint density at radius 3 is 2.72 bits per heavy atom. The first-order valence-corrected chi connectivity index (χ1v) is 13.4. The van der Waals surface area contributed by atoms with Crippen LogP contribution in [-0.2, 0) is 5.54 Å². The highest BCUT2D eigenvalue weighted by atomic mass is 32.2. The van der Waals surface area contributed by atoms with Crippen LogP contribution in [0.4, 0.5) is 11.6 Å². The maximum absolute atomic E-state index is 9.60. The largest absolute Gasteiger partial charge is 0.323 e. The van der Waals surface area contributed by atoms with E-state index in [1.54, 1.807) is 29.7 Å². The molecule has 0 radical (unpaired) electrons. The Kier molecular flexibility index (Phi) is 6.39.